The molecule has 210 valence electrons. The molecule has 45 heavy (non-hydrogen) atoms. The second kappa shape index (κ2) is 8.80. The van der Waals surface area contributed by atoms with Crippen molar-refractivity contribution in [1.29, 1.82) is 0 Å². The molecule has 3 aliphatic carbocycles. The van der Waals surface area contributed by atoms with Gasteiger partial charge in [0.1, 0.15) is 0 Å². The average Bonchev–Trinajstić information content (AvgIpc) is 3.56. The van der Waals surface area contributed by atoms with E-state index in [4.69, 9.17) is 0 Å². The first-order valence-corrected chi connectivity index (χ1v) is 16.0. The summed E-state index contributed by atoms with van der Waals surface area (Å²) in [5.74, 6) is 0. The summed E-state index contributed by atoms with van der Waals surface area (Å²) in [5, 5.41) is 0. The Labute approximate surface area is 264 Å². The van der Waals surface area contributed by atoms with Crippen LogP contribution >= 0.6 is 0 Å². The molecular formula is C45H30. The van der Waals surface area contributed by atoms with Crippen LogP contribution in [-0.2, 0) is 10.8 Å². The van der Waals surface area contributed by atoms with E-state index in [0.717, 1.165) is 0 Å². The van der Waals surface area contributed by atoms with Gasteiger partial charge in [-0.2, -0.15) is 0 Å². The number of aryl methyl sites for hydroxylation is 1. The molecule has 0 heteroatoms. The minimum Gasteiger partial charge on any atom is -0.0619 e. The Kier molecular flexibility index (Phi) is 4.88. The van der Waals surface area contributed by atoms with Crippen LogP contribution in [0.3, 0.4) is 0 Å². The molecule has 0 aromatic heterocycles. The molecule has 0 radical (unpaired) electrons. The Hall–Kier alpha value is -5.46. The standard InChI is InChI=1S/C45H30/c1-29-25-27-30(28-26-29)31-17-12-24-42-43(31)45(38-20-8-4-15-34(38)35-16-5-9-21-39(35)45)41-23-11-10-22-40(41)44(42)36-18-6-2-13-32(36)33-14-3-7-19-37(33)44/h2-28H,1H3. The minimum absolute atomic E-state index is 0.447. The van der Waals surface area contributed by atoms with E-state index in [0.29, 0.717) is 0 Å². The molecule has 0 amide bonds. The molecular weight excluding hydrogens is 540 g/mol. The SMILES string of the molecule is Cc1ccc(-c2cccc3c2C2(c4ccccc4-c4ccccc42)c2ccccc2C32c3ccccc3-c3ccccc32)cc1. The minimum atomic E-state index is -0.474. The lowest BCUT2D eigenvalue weighted by molar-refractivity contribution is 0.634. The van der Waals surface area contributed by atoms with Crippen molar-refractivity contribution in [3.63, 3.8) is 0 Å². The lowest BCUT2D eigenvalue weighted by Gasteiger charge is -2.49. The van der Waals surface area contributed by atoms with Gasteiger partial charge in [-0.15, -0.1) is 0 Å². The third-order valence-corrected chi connectivity index (χ3v) is 10.8. The largest absolute Gasteiger partial charge is 0.0725 e. The number of benzene rings is 7. The van der Waals surface area contributed by atoms with Crippen molar-refractivity contribution in [2.75, 3.05) is 0 Å². The van der Waals surface area contributed by atoms with Crippen molar-refractivity contribution in [3.8, 4) is 33.4 Å². The van der Waals surface area contributed by atoms with Gasteiger partial charge in [0.25, 0.3) is 0 Å². The number of rotatable bonds is 1. The van der Waals surface area contributed by atoms with Gasteiger partial charge < -0.3 is 0 Å². The molecule has 3 aliphatic rings. The van der Waals surface area contributed by atoms with Gasteiger partial charge in [-0.3, -0.25) is 0 Å². The highest BCUT2D eigenvalue weighted by molar-refractivity contribution is 5.96. The molecule has 0 fully saturated rings. The predicted octanol–water partition coefficient (Wildman–Crippen LogP) is 10.7. The normalized spacial score (nSPS) is 15.1. The van der Waals surface area contributed by atoms with E-state index >= 15 is 0 Å². The van der Waals surface area contributed by atoms with Gasteiger partial charge in [0.15, 0.2) is 0 Å². The Bertz CT molecular complexity index is 2240. The molecule has 0 saturated heterocycles. The average molecular weight is 571 g/mol. The van der Waals surface area contributed by atoms with Gasteiger partial charge in [-0.25, -0.2) is 0 Å². The third-order valence-electron chi connectivity index (χ3n) is 10.8. The highest BCUT2D eigenvalue weighted by Gasteiger charge is 2.59. The quantitative estimate of drug-likeness (QED) is 0.184. The molecule has 0 heterocycles. The van der Waals surface area contributed by atoms with E-state index in [1.165, 1.54) is 83.5 Å². The van der Waals surface area contributed by atoms with Crippen LogP contribution in [0.4, 0.5) is 0 Å². The van der Waals surface area contributed by atoms with Crippen molar-refractivity contribution in [2.24, 2.45) is 0 Å². The van der Waals surface area contributed by atoms with Crippen molar-refractivity contribution in [2.45, 2.75) is 17.8 Å². The molecule has 0 atom stereocenters. The maximum atomic E-state index is 2.44. The maximum Gasteiger partial charge on any atom is 0.0725 e. The zero-order valence-electron chi connectivity index (χ0n) is 25.1. The van der Waals surface area contributed by atoms with Crippen LogP contribution in [0, 0.1) is 6.92 Å². The van der Waals surface area contributed by atoms with Crippen LogP contribution in [0.1, 0.15) is 50.1 Å². The molecule has 0 saturated carbocycles. The molecule has 0 bridgehead atoms. The van der Waals surface area contributed by atoms with E-state index in [2.05, 4.69) is 171 Å². The second-order valence-electron chi connectivity index (χ2n) is 12.8. The first-order chi connectivity index (χ1) is 22.3. The number of fused-ring (bicyclic) bond motifs is 16. The van der Waals surface area contributed by atoms with Crippen molar-refractivity contribution in [3.05, 3.63) is 214 Å². The second-order valence-corrected chi connectivity index (χ2v) is 12.8. The van der Waals surface area contributed by atoms with E-state index in [1.54, 1.807) is 0 Å². The summed E-state index contributed by atoms with van der Waals surface area (Å²) in [6.07, 6.45) is 0. The highest BCUT2D eigenvalue weighted by Crippen LogP contribution is 2.68. The summed E-state index contributed by atoms with van der Waals surface area (Å²) >= 11 is 0. The summed E-state index contributed by atoms with van der Waals surface area (Å²) in [4.78, 5) is 0. The third kappa shape index (κ3) is 2.89. The monoisotopic (exact) mass is 570 g/mol. The van der Waals surface area contributed by atoms with Gasteiger partial charge in [0.05, 0.1) is 10.8 Å². The molecule has 0 unspecified atom stereocenters. The fourth-order valence-corrected chi connectivity index (χ4v) is 9.27. The summed E-state index contributed by atoms with van der Waals surface area (Å²) in [7, 11) is 0. The zero-order chi connectivity index (χ0) is 29.8. The van der Waals surface area contributed by atoms with Crippen molar-refractivity contribution < 1.29 is 0 Å². The Morgan fingerprint density at radius 2 is 0.644 bits per heavy atom. The van der Waals surface area contributed by atoms with Crippen molar-refractivity contribution in [1.82, 2.24) is 0 Å². The molecule has 2 spiro atoms. The van der Waals surface area contributed by atoms with E-state index < -0.39 is 10.8 Å². The van der Waals surface area contributed by atoms with Crippen LogP contribution in [0.2, 0.25) is 0 Å². The Morgan fingerprint density at radius 3 is 1.13 bits per heavy atom. The van der Waals surface area contributed by atoms with E-state index in [-0.39, 0.29) is 0 Å². The van der Waals surface area contributed by atoms with Gasteiger partial charge in [-0.1, -0.05) is 169 Å². The fraction of sp³-hybridized carbons (Fsp3) is 0.0667. The summed E-state index contributed by atoms with van der Waals surface area (Å²) in [5.41, 5.74) is 19.2. The van der Waals surface area contributed by atoms with E-state index in [9.17, 15) is 0 Å². The highest BCUT2D eigenvalue weighted by atomic mass is 14.6. The first-order valence-electron chi connectivity index (χ1n) is 16.0. The van der Waals surface area contributed by atoms with Gasteiger partial charge >= 0.3 is 0 Å². The smallest absolute Gasteiger partial charge is 0.0619 e. The van der Waals surface area contributed by atoms with Gasteiger partial charge in [0, 0.05) is 0 Å². The van der Waals surface area contributed by atoms with E-state index in [1.807, 2.05) is 0 Å². The van der Waals surface area contributed by atoms with Crippen LogP contribution in [0.25, 0.3) is 33.4 Å². The van der Waals surface area contributed by atoms with Crippen LogP contribution in [0.5, 0.6) is 0 Å². The van der Waals surface area contributed by atoms with Crippen LogP contribution < -0.4 is 0 Å². The molecule has 10 rings (SSSR count). The molecule has 0 N–H and O–H groups in total. The lowest BCUT2D eigenvalue weighted by atomic mass is 9.51. The Balaban J connectivity index is 1.48. The van der Waals surface area contributed by atoms with Gasteiger partial charge in [0.2, 0.25) is 0 Å². The molecule has 0 aliphatic heterocycles. The van der Waals surface area contributed by atoms with Crippen LogP contribution in [0.15, 0.2) is 164 Å². The fourth-order valence-electron chi connectivity index (χ4n) is 9.27. The number of hydrogen-bond donors (Lipinski definition) is 0. The van der Waals surface area contributed by atoms with Crippen LogP contribution in [-0.4, -0.2) is 0 Å². The lowest BCUT2D eigenvalue weighted by Crippen LogP contribution is -2.44. The molecule has 7 aromatic rings. The molecule has 0 nitrogen and oxygen atoms in total. The van der Waals surface area contributed by atoms with Gasteiger partial charge in [-0.05, 0) is 84.8 Å². The summed E-state index contributed by atoms with van der Waals surface area (Å²) in [6, 6.07) is 62.1. The van der Waals surface area contributed by atoms with Crippen molar-refractivity contribution >= 4 is 0 Å². The summed E-state index contributed by atoms with van der Waals surface area (Å²) in [6.45, 7) is 2.17. The first kappa shape index (κ1) is 24.9. The Morgan fingerprint density at radius 1 is 0.289 bits per heavy atom. The predicted molar refractivity (Wildman–Crippen MR) is 185 cm³/mol. The molecule has 7 aromatic carbocycles. The topological polar surface area (TPSA) is 0 Å². The maximum absolute atomic E-state index is 2.44. The zero-order valence-corrected chi connectivity index (χ0v) is 25.1. The number of hydrogen-bond acceptors (Lipinski definition) is 0. The summed E-state index contributed by atoms with van der Waals surface area (Å²) < 4.78 is 0.